The number of imidazole rings is 1. The number of amides is 1. The van der Waals surface area contributed by atoms with Gasteiger partial charge in [-0.05, 0) is 31.9 Å². The van der Waals surface area contributed by atoms with Gasteiger partial charge in [-0.25, -0.2) is 4.98 Å². The van der Waals surface area contributed by atoms with E-state index in [1.807, 2.05) is 24.1 Å². The molecule has 1 N–H and O–H groups in total. The minimum Gasteiger partial charge on any atom is -0.463 e. The van der Waals surface area contributed by atoms with E-state index in [-0.39, 0.29) is 11.9 Å². The number of hydrogen-bond acceptors (Lipinski definition) is 4. The number of hydrogen-bond donors (Lipinski definition) is 1. The maximum Gasteiger partial charge on any atom is 0.274 e. The standard InChI is InChI=1S/C17H19N5O2/c1-12-18-6-8-22(12)13-4-2-7-21(11-13)17(23)15-10-14(19-20-15)16-5-3-9-24-16/h3,5-6,8-10,13H,2,4,7,11H2,1H3,(H,19,20). The van der Waals surface area contributed by atoms with Gasteiger partial charge in [0.2, 0.25) is 0 Å². The second kappa shape index (κ2) is 5.99. The number of nitrogens with one attached hydrogen (secondary N) is 1. The molecule has 0 radical (unpaired) electrons. The fraction of sp³-hybridized carbons (Fsp3) is 0.353. The average molecular weight is 325 g/mol. The quantitative estimate of drug-likeness (QED) is 0.803. The minimum absolute atomic E-state index is 0.0495. The van der Waals surface area contributed by atoms with E-state index in [0.717, 1.165) is 25.2 Å². The van der Waals surface area contributed by atoms with Crippen LogP contribution >= 0.6 is 0 Å². The van der Waals surface area contributed by atoms with Crippen LogP contribution in [-0.4, -0.2) is 43.6 Å². The first-order chi connectivity index (χ1) is 11.7. The number of aromatic amines is 1. The van der Waals surface area contributed by atoms with Gasteiger partial charge in [-0.15, -0.1) is 0 Å². The van der Waals surface area contributed by atoms with Gasteiger partial charge in [0, 0.05) is 31.5 Å². The summed E-state index contributed by atoms with van der Waals surface area (Å²) >= 11 is 0. The summed E-state index contributed by atoms with van der Waals surface area (Å²) in [6.07, 6.45) is 7.42. The summed E-state index contributed by atoms with van der Waals surface area (Å²) in [5, 5.41) is 7.03. The minimum atomic E-state index is -0.0495. The number of carbonyl (C=O) groups is 1. The Labute approximate surface area is 139 Å². The third-order valence-electron chi connectivity index (χ3n) is 4.52. The number of aryl methyl sites for hydroxylation is 1. The first-order valence-electron chi connectivity index (χ1n) is 8.10. The van der Waals surface area contributed by atoms with E-state index in [0.29, 0.717) is 23.7 Å². The molecule has 1 aliphatic rings. The average Bonchev–Trinajstić information content (AvgIpc) is 3.35. The zero-order chi connectivity index (χ0) is 16.5. The predicted octanol–water partition coefficient (Wildman–Crippen LogP) is 2.65. The smallest absolute Gasteiger partial charge is 0.274 e. The molecular formula is C17H19N5O2. The number of furan rings is 1. The maximum atomic E-state index is 12.8. The number of piperidine rings is 1. The highest BCUT2D eigenvalue weighted by atomic mass is 16.3. The van der Waals surface area contributed by atoms with E-state index in [1.54, 1.807) is 24.6 Å². The molecule has 3 aromatic heterocycles. The maximum absolute atomic E-state index is 12.8. The second-order valence-electron chi connectivity index (χ2n) is 6.07. The highest BCUT2D eigenvalue weighted by molar-refractivity contribution is 5.93. The van der Waals surface area contributed by atoms with Crippen molar-refractivity contribution in [3.05, 3.63) is 48.4 Å². The molecule has 0 bridgehead atoms. The van der Waals surface area contributed by atoms with E-state index in [4.69, 9.17) is 4.42 Å². The van der Waals surface area contributed by atoms with Crippen molar-refractivity contribution in [2.45, 2.75) is 25.8 Å². The molecule has 0 saturated carbocycles. The van der Waals surface area contributed by atoms with Crippen molar-refractivity contribution in [3.8, 4) is 11.5 Å². The molecule has 1 fully saturated rings. The third kappa shape index (κ3) is 2.62. The lowest BCUT2D eigenvalue weighted by Gasteiger charge is -2.33. The summed E-state index contributed by atoms with van der Waals surface area (Å²) in [4.78, 5) is 18.9. The van der Waals surface area contributed by atoms with Crippen LogP contribution in [0.1, 0.15) is 35.2 Å². The zero-order valence-corrected chi connectivity index (χ0v) is 13.5. The van der Waals surface area contributed by atoms with Crippen molar-refractivity contribution in [1.29, 1.82) is 0 Å². The molecule has 0 aliphatic carbocycles. The summed E-state index contributed by atoms with van der Waals surface area (Å²) in [6, 6.07) is 5.65. The molecule has 7 nitrogen and oxygen atoms in total. The Morgan fingerprint density at radius 2 is 2.38 bits per heavy atom. The van der Waals surface area contributed by atoms with Crippen LogP contribution in [0.3, 0.4) is 0 Å². The first-order valence-corrected chi connectivity index (χ1v) is 8.10. The molecule has 7 heteroatoms. The Hall–Kier alpha value is -2.83. The van der Waals surface area contributed by atoms with Crippen LogP contribution in [0, 0.1) is 6.92 Å². The molecule has 0 spiro atoms. The summed E-state index contributed by atoms with van der Waals surface area (Å²) in [6.45, 7) is 3.43. The van der Waals surface area contributed by atoms with Gasteiger partial charge in [-0.2, -0.15) is 5.10 Å². The Morgan fingerprint density at radius 1 is 1.46 bits per heavy atom. The lowest BCUT2D eigenvalue weighted by molar-refractivity contribution is 0.0672. The molecule has 124 valence electrons. The van der Waals surface area contributed by atoms with E-state index in [1.165, 1.54) is 0 Å². The molecule has 4 heterocycles. The second-order valence-corrected chi connectivity index (χ2v) is 6.07. The highest BCUT2D eigenvalue weighted by Crippen LogP contribution is 2.24. The molecular weight excluding hydrogens is 306 g/mol. The number of aromatic nitrogens is 4. The molecule has 24 heavy (non-hydrogen) atoms. The van der Waals surface area contributed by atoms with Crippen LogP contribution in [0.4, 0.5) is 0 Å². The monoisotopic (exact) mass is 325 g/mol. The van der Waals surface area contributed by atoms with Gasteiger partial charge in [-0.1, -0.05) is 0 Å². The fourth-order valence-corrected chi connectivity index (χ4v) is 3.29. The Bertz CT molecular complexity index is 833. The van der Waals surface area contributed by atoms with Crippen molar-refractivity contribution in [1.82, 2.24) is 24.6 Å². The molecule has 1 unspecified atom stereocenters. The van der Waals surface area contributed by atoms with Crippen LogP contribution < -0.4 is 0 Å². The number of carbonyl (C=O) groups excluding carboxylic acids is 1. The Morgan fingerprint density at radius 3 is 3.12 bits per heavy atom. The zero-order valence-electron chi connectivity index (χ0n) is 13.5. The number of rotatable bonds is 3. The van der Waals surface area contributed by atoms with Gasteiger partial charge in [-0.3, -0.25) is 9.89 Å². The number of likely N-dealkylation sites (tertiary alicyclic amines) is 1. The largest absolute Gasteiger partial charge is 0.463 e. The molecule has 3 aromatic rings. The molecule has 0 aromatic carbocycles. The molecule has 4 rings (SSSR count). The predicted molar refractivity (Wildman–Crippen MR) is 87.4 cm³/mol. The van der Waals surface area contributed by atoms with Gasteiger partial charge in [0.05, 0.1) is 12.3 Å². The topological polar surface area (TPSA) is 80.0 Å². The lowest BCUT2D eigenvalue weighted by Crippen LogP contribution is -2.41. The summed E-state index contributed by atoms with van der Waals surface area (Å²) in [7, 11) is 0. The normalized spacial score (nSPS) is 18.0. The van der Waals surface area contributed by atoms with Gasteiger partial charge in [0.25, 0.3) is 5.91 Å². The van der Waals surface area contributed by atoms with Crippen molar-refractivity contribution >= 4 is 5.91 Å². The fourth-order valence-electron chi connectivity index (χ4n) is 3.29. The SMILES string of the molecule is Cc1nccn1C1CCCN(C(=O)c2cc(-c3ccco3)[nH]n2)C1. The number of H-pyrrole nitrogens is 1. The molecule has 1 aliphatic heterocycles. The van der Waals surface area contributed by atoms with Crippen molar-refractivity contribution in [2.24, 2.45) is 0 Å². The summed E-state index contributed by atoms with van der Waals surface area (Å²) in [5.41, 5.74) is 1.13. The first kappa shape index (κ1) is 14.7. The van der Waals surface area contributed by atoms with Crippen molar-refractivity contribution in [2.75, 3.05) is 13.1 Å². The summed E-state index contributed by atoms with van der Waals surface area (Å²) in [5.74, 6) is 1.60. The van der Waals surface area contributed by atoms with Crippen LogP contribution in [0.15, 0.2) is 41.3 Å². The van der Waals surface area contributed by atoms with Crippen LogP contribution in [0.5, 0.6) is 0 Å². The van der Waals surface area contributed by atoms with E-state index in [2.05, 4.69) is 19.7 Å². The van der Waals surface area contributed by atoms with Gasteiger partial charge < -0.3 is 13.9 Å². The third-order valence-corrected chi connectivity index (χ3v) is 4.52. The van der Waals surface area contributed by atoms with Crippen molar-refractivity contribution in [3.63, 3.8) is 0 Å². The van der Waals surface area contributed by atoms with E-state index in [9.17, 15) is 4.79 Å². The Balaban J connectivity index is 1.51. The van der Waals surface area contributed by atoms with E-state index >= 15 is 0 Å². The van der Waals surface area contributed by atoms with Crippen molar-refractivity contribution < 1.29 is 9.21 Å². The van der Waals surface area contributed by atoms with Crippen LogP contribution in [0.2, 0.25) is 0 Å². The van der Waals surface area contributed by atoms with Crippen LogP contribution in [0.25, 0.3) is 11.5 Å². The Kier molecular flexibility index (Phi) is 3.68. The number of nitrogens with zero attached hydrogens (tertiary/aromatic N) is 4. The van der Waals surface area contributed by atoms with E-state index < -0.39 is 0 Å². The van der Waals surface area contributed by atoms with Crippen LogP contribution in [-0.2, 0) is 0 Å². The molecule has 1 saturated heterocycles. The molecule has 1 amide bonds. The van der Waals surface area contributed by atoms with Gasteiger partial charge >= 0.3 is 0 Å². The summed E-state index contributed by atoms with van der Waals surface area (Å²) < 4.78 is 7.48. The highest BCUT2D eigenvalue weighted by Gasteiger charge is 2.27. The molecule has 1 atom stereocenters. The lowest BCUT2D eigenvalue weighted by atomic mass is 10.0. The van der Waals surface area contributed by atoms with Gasteiger partial charge in [0.1, 0.15) is 11.5 Å². The van der Waals surface area contributed by atoms with Gasteiger partial charge in [0.15, 0.2) is 11.5 Å².